The zero-order valence-corrected chi connectivity index (χ0v) is 15.2. The van der Waals surface area contributed by atoms with Gasteiger partial charge in [0.1, 0.15) is 5.02 Å². The van der Waals surface area contributed by atoms with E-state index in [1.54, 1.807) is 55.5 Å². The summed E-state index contributed by atoms with van der Waals surface area (Å²) < 4.78 is 0. The lowest BCUT2D eigenvalue weighted by Crippen LogP contribution is -2.11. The normalized spacial score (nSPS) is 10.7. The summed E-state index contributed by atoms with van der Waals surface area (Å²) in [5, 5.41) is 0.764. The van der Waals surface area contributed by atoms with Crippen molar-refractivity contribution in [3.63, 3.8) is 0 Å². The zero-order chi connectivity index (χ0) is 18.1. The Morgan fingerprint density at radius 3 is 1.92 bits per heavy atom. The molecule has 0 aliphatic carbocycles. The molecule has 25 heavy (non-hydrogen) atoms. The molecule has 0 saturated carbocycles. The molecule has 0 spiro atoms. The molecule has 0 amide bonds. The van der Waals surface area contributed by atoms with E-state index in [-0.39, 0.29) is 16.2 Å². The van der Waals surface area contributed by atoms with Crippen molar-refractivity contribution in [3.8, 4) is 11.1 Å². The number of ketones is 1. The van der Waals surface area contributed by atoms with Crippen LogP contribution < -0.4 is 5.43 Å². The van der Waals surface area contributed by atoms with Gasteiger partial charge in [0, 0.05) is 33.1 Å². The molecule has 0 unspecified atom stereocenters. The molecule has 0 radical (unpaired) electrons. The minimum absolute atomic E-state index is 0.101. The van der Waals surface area contributed by atoms with Crippen molar-refractivity contribution in [1.29, 1.82) is 0 Å². The van der Waals surface area contributed by atoms with Crippen molar-refractivity contribution < 1.29 is 4.79 Å². The molecule has 0 fully saturated rings. The van der Waals surface area contributed by atoms with Crippen LogP contribution in [0.25, 0.3) is 11.1 Å². The first-order valence-corrected chi connectivity index (χ1v) is 8.43. The molecule has 3 aromatic rings. The monoisotopic (exact) mass is 371 g/mol. The molecule has 0 aliphatic rings. The molecule has 0 bridgehead atoms. The van der Waals surface area contributed by atoms with E-state index >= 15 is 0 Å². The largest absolute Gasteiger partial charge is 0.361 e. The fourth-order valence-corrected chi connectivity index (χ4v) is 3.02. The highest BCUT2D eigenvalue weighted by Gasteiger charge is 2.14. The summed E-state index contributed by atoms with van der Waals surface area (Å²) in [6.45, 7) is 3.58. The summed E-state index contributed by atoms with van der Waals surface area (Å²) in [5.74, 6) is -0.101. The predicted octanol–water partition coefficient (Wildman–Crippen LogP) is 5.20. The highest BCUT2D eigenvalue weighted by Crippen LogP contribution is 2.23. The lowest BCUT2D eigenvalue weighted by atomic mass is 9.98. The maximum atomic E-state index is 12.5. The topological polar surface area (TPSA) is 49.9 Å². The van der Waals surface area contributed by atoms with Gasteiger partial charge in [0.05, 0.1) is 0 Å². The Morgan fingerprint density at radius 1 is 0.840 bits per heavy atom. The quantitative estimate of drug-likeness (QED) is 0.643. The van der Waals surface area contributed by atoms with Gasteiger partial charge < -0.3 is 4.98 Å². The van der Waals surface area contributed by atoms with E-state index in [1.165, 1.54) is 0 Å². The van der Waals surface area contributed by atoms with Gasteiger partial charge in [-0.2, -0.15) is 0 Å². The summed E-state index contributed by atoms with van der Waals surface area (Å²) in [6.07, 6.45) is 0. The average Bonchev–Trinajstić information content (AvgIpc) is 2.60. The second-order valence-corrected chi connectivity index (χ2v) is 6.62. The lowest BCUT2D eigenvalue weighted by Gasteiger charge is -2.09. The van der Waals surface area contributed by atoms with Crippen molar-refractivity contribution in [2.45, 2.75) is 13.8 Å². The maximum Gasteiger partial charge on any atom is 0.208 e. The Labute approximate surface area is 155 Å². The van der Waals surface area contributed by atoms with Crippen LogP contribution in [-0.4, -0.2) is 10.8 Å². The SMILES string of the molecule is Cc1[nH]c(C)c(-c2ccc(C(=O)c3ccc(Cl)cc3)cc2)c(=O)c1Cl. The Hall–Kier alpha value is -2.36. The van der Waals surface area contributed by atoms with Gasteiger partial charge in [-0.25, -0.2) is 0 Å². The van der Waals surface area contributed by atoms with Crippen molar-refractivity contribution in [2.75, 3.05) is 0 Å². The number of halogens is 2. The zero-order valence-electron chi connectivity index (χ0n) is 13.7. The van der Waals surface area contributed by atoms with Crippen molar-refractivity contribution in [1.82, 2.24) is 4.98 Å². The van der Waals surface area contributed by atoms with E-state index < -0.39 is 0 Å². The highest BCUT2D eigenvalue weighted by atomic mass is 35.5. The number of hydrogen-bond acceptors (Lipinski definition) is 2. The molecule has 0 aliphatic heterocycles. The van der Waals surface area contributed by atoms with Crippen LogP contribution in [0.2, 0.25) is 10.0 Å². The maximum absolute atomic E-state index is 12.5. The van der Waals surface area contributed by atoms with Crippen LogP contribution in [0.5, 0.6) is 0 Å². The van der Waals surface area contributed by atoms with Gasteiger partial charge >= 0.3 is 0 Å². The molecule has 5 heteroatoms. The second kappa shape index (κ2) is 6.87. The molecule has 0 atom stereocenters. The molecular weight excluding hydrogens is 357 g/mol. The Bertz CT molecular complexity index is 1000. The van der Waals surface area contributed by atoms with Gasteiger partial charge in [-0.1, -0.05) is 47.5 Å². The lowest BCUT2D eigenvalue weighted by molar-refractivity contribution is 0.103. The number of aromatic amines is 1. The number of carbonyl (C=O) groups excluding carboxylic acids is 1. The number of hydrogen-bond donors (Lipinski definition) is 1. The van der Waals surface area contributed by atoms with Gasteiger partial charge in [-0.05, 0) is 43.7 Å². The first kappa shape index (κ1) is 17.5. The smallest absolute Gasteiger partial charge is 0.208 e. The third-order valence-electron chi connectivity index (χ3n) is 4.05. The molecule has 3 nitrogen and oxygen atoms in total. The summed E-state index contributed by atoms with van der Waals surface area (Å²) >= 11 is 11.9. The van der Waals surface area contributed by atoms with E-state index in [4.69, 9.17) is 23.2 Å². The molecule has 126 valence electrons. The molecule has 2 aromatic carbocycles. The summed E-state index contributed by atoms with van der Waals surface area (Å²) in [4.78, 5) is 28.1. The van der Waals surface area contributed by atoms with Crippen LogP contribution in [-0.2, 0) is 0 Å². The first-order chi connectivity index (χ1) is 11.9. The number of pyridine rings is 1. The van der Waals surface area contributed by atoms with Crippen LogP contribution in [0.1, 0.15) is 27.3 Å². The van der Waals surface area contributed by atoms with Crippen LogP contribution in [0.3, 0.4) is 0 Å². The third kappa shape index (κ3) is 3.39. The number of H-pyrrole nitrogens is 1. The van der Waals surface area contributed by atoms with Crippen molar-refractivity contribution in [2.24, 2.45) is 0 Å². The van der Waals surface area contributed by atoms with E-state index in [2.05, 4.69) is 4.98 Å². The molecule has 1 heterocycles. The van der Waals surface area contributed by atoms with E-state index in [0.717, 1.165) is 5.69 Å². The number of aryl methyl sites for hydroxylation is 2. The van der Waals surface area contributed by atoms with Crippen molar-refractivity contribution in [3.05, 3.63) is 91.3 Å². The van der Waals surface area contributed by atoms with Crippen LogP contribution in [0, 0.1) is 13.8 Å². The minimum atomic E-state index is -0.216. The number of rotatable bonds is 3. The molecule has 0 saturated heterocycles. The second-order valence-electron chi connectivity index (χ2n) is 5.81. The molecular formula is C20H15Cl2NO2. The molecule has 1 N–H and O–H groups in total. The van der Waals surface area contributed by atoms with Crippen LogP contribution in [0.4, 0.5) is 0 Å². The Kier molecular flexibility index (Phi) is 4.80. The van der Waals surface area contributed by atoms with E-state index in [1.807, 2.05) is 6.92 Å². The molecule has 3 rings (SSSR count). The highest BCUT2D eigenvalue weighted by molar-refractivity contribution is 6.31. The molecule has 1 aromatic heterocycles. The minimum Gasteiger partial charge on any atom is -0.361 e. The summed E-state index contributed by atoms with van der Waals surface area (Å²) in [5.41, 5.74) is 3.50. The van der Waals surface area contributed by atoms with Gasteiger partial charge in [-0.15, -0.1) is 0 Å². The van der Waals surface area contributed by atoms with E-state index in [0.29, 0.717) is 33.0 Å². The summed E-state index contributed by atoms with van der Waals surface area (Å²) in [6, 6.07) is 13.7. The fourth-order valence-electron chi connectivity index (χ4n) is 2.75. The number of carbonyl (C=O) groups is 1. The van der Waals surface area contributed by atoms with Crippen LogP contribution in [0.15, 0.2) is 53.3 Å². The van der Waals surface area contributed by atoms with Gasteiger partial charge in [-0.3, -0.25) is 9.59 Å². The predicted molar refractivity (Wildman–Crippen MR) is 102 cm³/mol. The first-order valence-electron chi connectivity index (χ1n) is 7.68. The summed E-state index contributed by atoms with van der Waals surface area (Å²) in [7, 11) is 0. The third-order valence-corrected chi connectivity index (χ3v) is 4.75. The number of benzene rings is 2. The Balaban J connectivity index is 1.99. The number of nitrogens with one attached hydrogen (secondary N) is 1. The average molecular weight is 372 g/mol. The number of aromatic nitrogens is 1. The van der Waals surface area contributed by atoms with Gasteiger partial charge in [0.15, 0.2) is 5.78 Å². The standard InChI is InChI=1S/C20H15Cl2NO2/c1-11-17(20(25)18(22)12(2)23-11)13-3-5-14(6-4-13)19(24)15-7-9-16(21)10-8-15/h3-10H,1-2H3,(H,23,25). The van der Waals surface area contributed by atoms with E-state index in [9.17, 15) is 9.59 Å². The Morgan fingerprint density at radius 2 is 1.36 bits per heavy atom. The van der Waals surface area contributed by atoms with Gasteiger partial charge in [0.25, 0.3) is 0 Å². The van der Waals surface area contributed by atoms with Gasteiger partial charge in [0.2, 0.25) is 5.43 Å². The fraction of sp³-hybridized carbons (Fsp3) is 0.100. The van der Waals surface area contributed by atoms with Crippen LogP contribution >= 0.6 is 23.2 Å². The van der Waals surface area contributed by atoms with Crippen molar-refractivity contribution >= 4 is 29.0 Å².